The number of fused-ring (bicyclic) bond motifs is 1. The van der Waals surface area contributed by atoms with Gasteiger partial charge in [-0.3, -0.25) is 0 Å². The molecule has 0 spiro atoms. The highest BCUT2D eigenvalue weighted by Crippen LogP contribution is 2.32. The Hall–Kier alpha value is -1.20. The minimum absolute atomic E-state index is 0.683. The van der Waals surface area contributed by atoms with E-state index in [9.17, 15) is 0 Å². The maximum absolute atomic E-state index is 5.94. The van der Waals surface area contributed by atoms with Crippen LogP contribution in [0.5, 0.6) is 0 Å². The fourth-order valence-corrected chi connectivity index (χ4v) is 4.16. The molecule has 2 aromatic heterocycles. The van der Waals surface area contributed by atoms with Crippen molar-refractivity contribution in [3.8, 4) is 0 Å². The first-order chi connectivity index (χ1) is 10.4. The quantitative estimate of drug-likeness (QED) is 0.676. The molecule has 2 heterocycles. The third-order valence-electron chi connectivity index (χ3n) is 3.39. The van der Waals surface area contributed by atoms with Crippen LogP contribution in [-0.4, -0.2) is 6.54 Å². The highest BCUT2D eigenvalue weighted by Gasteiger charge is 2.11. The molecule has 0 atom stereocenters. The normalized spacial score (nSPS) is 11.3. The fraction of sp³-hybridized carbons (Fsp3) is 0.294. The van der Waals surface area contributed by atoms with Crippen molar-refractivity contribution in [1.29, 1.82) is 0 Å². The van der Waals surface area contributed by atoms with Gasteiger partial charge in [0.1, 0.15) is 0 Å². The molecule has 110 valence electrons. The van der Waals surface area contributed by atoms with Crippen molar-refractivity contribution in [2.75, 3.05) is 6.54 Å². The average Bonchev–Trinajstić information content (AvgIpc) is 3.13. The van der Waals surface area contributed by atoms with Crippen molar-refractivity contribution in [2.45, 2.75) is 26.7 Å². The largest absolute Gasteiger partial charge is 0.371 e. The molecular weight excluding hydrogens is 298 g/mol. The first-order valence-electron chi connectivity index (χ1n) is 7.18. The molecular formula is C17H19NOS2. The van der Waals surface area contributed by atoms with E-state index in [0.29, 0.717) is 13.2 Å². The second kappa shape index (κ2) is 7.18. The molecule has 0 aliphatic heterocycles. The number of hydrogen-bond acceptors (Lipinski definition) is 4. The lowest BCUT2D eigenvalue weighted by atomic mass is 10.1. The van der Waals surface area contributed by atoms with E-state index in [2.05, 4.69) is 54.0 Å². The van der Waals surface area contributed by atoms with Crippen LogP contribution in [0.2, 0.25) is 0 Å². The lowest BCUT2D eigenvalue weighted by Gasteiger charge is -2.06. The van der Waals surface area contributed by atoms with E-state index in [-0.39, 0.29) is 0 Å². The molecule has 1 aromatic carbocycles. The summed E-state index contributed by atoms with van der Waals surface area (Å²) in [5.74, 6) is 0. The Bertz CT molecular complexity index is 688. The van der Waals surface area contributed by atoms with Crippen molar-refractivity contribution in [1.82, 2.24) is 5.32 Å². The van der Waals surface area contributed by atoms with Gasteiger partial charge in [-0.25, -0.2) is 0 Å². The van der Waals surface area contributed by atoms with Crippen LogP contribution in [0.15, 0.2) is 41.8 Å². The summed E-state index contributed by atoms with van der Waals surface area (Å²) >= 11 is 3.62. The van der Waals surface area contributed by atoms with E-state index in [0.717, 1.165) is 13.1 Å². The summed E-state index contributed by atoms with van der Waals surface area (Å²) in [5.41, 5.74) is 1.34. The van der Waals surface area contributed by atoms with Crippen LogP contribution in [0, 0.1) is 0 Å². The van der Waals surface area contributed by atoms with Crippen LogP contribution in [0.25, 0.3) is 10.1 Å². The van der Waals surface area contributed by atoms with Gasteiger partial charge in [0, 0.05) is 26.6 Å². The summed E-state index contributed by atoms with van der Waals surface area (Å²) in [6, 6.07) is 12.8. The van der Waals surface area contributed by atoms with Gasteiger partial charge in [0.25, 0.3) is 0 Å². The van der Waals surface area contributed by atoms with Gasteiger partial charge in [-0.1, -0.05) is 31.2 Å². The summed E-state index contributed by atoms with van der Waals surface area (Å²) in [4.78, 5) is 2.67. The van der Waals surface area contributed by atoms with Crippen molar-refractivity contribution in [2.24, 2.45) is 0 Å². The Labute approximate surface area is 133 Å². The maximum Gasteiger partial charge on any atom is 0.0813 e. The van der Waals surface area contributed by atoms with E-state index in [1.807, 2.05) is 11.3 Å². The number of ether oxygens (including phenoxy) is 1. The number of benzene rings is 1. The van der Waals surface area contributed by atoms with Gasteiger partial charge < -0.3 is 10.1 Å². The highest BCUT2D eigenvalue weighted by atomic mass is 32.1. The summed E-state index contributed by atoms with van der Waals surface area (Å²) in [6.45, 7) is 5.43. The summed E-state index contributed by atoms with van der Waals surface area (Å²) in [7, 11) is 0. The second-order valence-corrected chi connectivity index (χ2v) is 7.02. The SMILES string of the molecule is CCNCc1sc2ccccc2c1COCc1cccs1. The third-order valence-corrected chi connectivity index (χ3v) is 5.45. The first-order valence-corrected chi connectivity index (χ1v) is 8.88. The average molecular weight is 317 g/mol. The lowest BCUT2D eigenvalue weighted by Crippen LogP contribution is -2.12. The minimum atomic E-state index is 0.683. The van der Waals surface area contributed by atoms with E-state index in [4.69, 9.17) is 4.74 Å². The second-order valence-electron chi connectivity index (χ2n) is 4.85. The van der Waals surface area contributed by atoms with Gasteiger partial charge in [0.2, 0.25) is 0 Å². The first kappa shape index (κ1) is 14.7. The van der Waals surface area contributed by atoms with Crippen LogP contribution in [-0.2, 0) is 24.5 Å². The van der Waals surface area contributed by atoms with Crippen LogP contribution in [0.3, 0.4) is 0 Å². The third kappa shape index (κ3) is 3.52. The topological polar surface area (TPSA) is 21.3 Å². The van der Waals surface area contributed by atoms with Gasteiger partial charge >= 0.3 is 0 Å². The molecule has 0 saturated carbocycles. The van der Waals surface area contributed by atoms with Gasteiger partial charge in [0.05, 0.1) is 13.2 Å². The number of thiophene rings is 2. The zero-order chi connectivity index (χ0) is 14.5. The predicted molar refractivity (Wildman–Crippen MR) is 92.0 cm³/mol. The molecule has 0 aliphatic rings. The Morgan fingerprint density at radius 3 is 2.81 bits per heavy atom. The number of hydrogen-bond donors (Lipinski definition) is 1. The van der Waals surface area contributed by atoms with Gasteiger partial charge in [-0.05, 0) is 29.4 Å². The Balaban J connectivity index is 1.77. The van der Waals surface area contributed by atoms with Gasteiger partial charge in [-0.15, -0.1) is 22.7 Å². The standard InChI is InChI=1S/C17H19NOS2/c1-2-18-10-17-15(12-19-11-13-6-5-9-20-13)14-7-3-4-8-16(14)21-17/h3-9,18H,2,10-12H2,1H3. The molecule has 0 unspecified atom stereocenters. The molecule has 0 aliphatic carbocycles. The van der Waals surface area contributed by atoms with Crippen LogP contribution < -0.4 is 5.32 Å². The van der Waals surface area contributed by atoms with Crippen molar-refractivity contribution in [3.05, 3.63) is 57.1 Å². The Morgan fingerprint density at radius 2 is 2.00 bits per heavy atom. The molecule has 3 aromatic rings. The smallest absolute Gasteiger partial charge is 0.0813 e. The fourth-order valence-electron chi connectivity index (χ4n) is 2.34. The van der Waals surface area contributed by atoms with E-state index in [1.54, 1.807) is 11.3 Å². The predicted octanol–water partition coefficient (Wildman–Crippen LogP) is 4.79. The van der Waals surface area contributed by atoms with Crippen LogP contribution in [0.1, 0.15) is 22.2 Å². The van der Waals surface area contributed by atoms with Gasteiger partial charge in [0.15, 0.2) is 0 Å². The molecule has 0 radical (unpaired) electrons. The number of rotatable bonds is 7. The Kier molecular flexibility index (Phi) is 5.04. The summed E-state index contributed by atoms with van der Waals surface area (Å²) < 4.78 is 7.29. The van der Waals surface area contributed by atoms with E-state index < -0.39 is 0 Å². The van der Waals surface area contributed by atoms with Crippen molar-refractivity contribution >= 4 is 32.8 Å². The minimum Gasteiger partial charge on any atom is -0.371 e. The molecule has 3 rings (SSSR count). The molecule has 4 heteroatoms. The summed E-state index contributed by atoms with van der Waals surface area (Å²) in [6.07, 6.45) is 0. The molecule has 0 fully saturated rings. The lowest BCUT2D eigenvalue weighted by molar-refractivity contribution is 0.110. The molecule has 0 bridgehead atoms. The Morgan fingerprint density at radius 1 is 1.10 bits per heavy atom. The maximum atomic E-state index is 5.94. The van der Waals surface area contributed by atoms with Crippen molar-refractivity contribution in [3.63, 3.8) is 0 Å². The van der Waals surface area contributed by atoms with Crippen LogP contribution >= 0.6 is 22.7 Å². The zero-order valence-corrected chi connectivity index (χ0v) is 13.7. The van der Waals surface area contributed by atoms with E-state index >= 15 is 0 Å². The molecule has 0 amide bonds. The van der Waals surface area contributed by atoms with E-state index in [1.165, 1.54) is 25.4 Å². The molecule has 1 N–H and O–H groups in total. The highest BCUT2D eigenvalue weighted by molar-refractivity contribution is 7.19. The summed E-state index contributed by atoms with van der Waals surface area (Å²) in [5, 5.41) is 6.85. The zero-order valence-electron chi connectivity index (χ0n) is 12.1. The van der Waals surface area contributed by atoms with Crippen molar-refractivity contribution < 1.29 is 4.74 Å². The molecule has 0 saturated heterocycles. The number of nitrogens with one attached hydrogen (secondary N) is 1. The van der Waals surface area contributed by atoms with Gasteiger partial charge in [-0.2, -0.15) is 0 Å². The molecule has 2 nitrogen and oxygen atoms in total. The van der Waals surface area contributed by atoms with Crippen LogP contribution in [0.4, 0.5) is 0 Å². The molecule has 21 heavy (non-hydrogen) atoms. The monoisotopic (exact) mass is 317 g/mol.